The van der Waals surface area contributed by atoms with Crippen LogP contribution in [0.3, 0.4) is 0 Å². The van der Waals surface area contributed by atoms with E-state index in [9.17, 15) is 0 Å². The molecule has 0 saturated carbocycles. The molecule has 0 radical (unpaired) electrons. The number of benzene rings is 1. The minimum absolute atomic E-state index is 0.488. The highest BCUT2D eigenvalue weighted by atomic mass is 15.4. The van der Waals surface area contributed by atoms with Crippen molar-refractivity contribution in [2.24, 2.45) is 0 Å². The van der Waals surface area contributed by atoms with Crippen molar-refractivity contribution >= 4 is 16.6 Å². The first kappa shape index (κ1) is 10.6. The molecule has 1 fully saturated rings. The normalized spacial score (nSPS) is 15.7. The quantitative estimate of drug-likeness (QED) is 0.700. The average Bonchev–Trinajstić information content (AvgIpc) is 2.91. The molecule has 94 valence electrons. The van der Waals surface area contributed by atoms with Gasteiger partial charge in [0, 0.05) is 42.8 Å². The molecule has 1 aromatic carbocycles. The Morgan fingerprint density at radius 3 is 2.74 bits per heavy atom. The van der Waals surface area contributed by atoms with Crippen LogP contribution < -0.4 is 4.90 Å². The van der Waals surface area contributed by atoms with E-state index in [1.54, 1.807) is 0 Å². The van der Waals surface area contributed by atoms with Gasteiger partial charge in [-0.2, -0.15) is 5.10 Å². The van der Waals surface area contributed by atoms with E-state index in [1.807, 2.05) is 35.4 Å². The van der Waals surface area contributed by atoms with Crippen molar-refractivity contribution in [2.45, 2.75) is 6.04 Å². The topological polar surface area (TPSA) is 34.0 Å². The summed E-state index contributed by atoms with van der Waals surface area (Å²) in [6, 6.07) is 12.9. The van der Waals surface area contributed by atoms with Crippen molar-refractivity contribution in [3.05, 3.63) is 55.0 Å². The average molecular weight is 250 g/mol. The Labute approximate surface area is 111 Å². The van der Waals surface area contributed by atoms with E-state index in [0.717, 1.165) is 18.6 Å². The number of hydrogen-bond acceptors (Lipinski definition) is 3. The summed E-state index contributed by atoms with van der Waals surface area (Å²) in [7, 11) is 0. The molecule has 0 atom stereocenters. The molecule has 19 heavy (non-hydrogen) atoms. The second kappa shape index (κ2) is 4.09. The van der Waals surface area contributed by atoms with Crippen LogP contribution in [0.25, 0.3) is 10.9 Å². The van der Waals surface area contributed by atoms with E-state index < -0.39 is 0 Å². The molecule has 4 heteroatoms. The standard InChI is InChI=1S/C15H14N4/c1-2-5-14-13(4-1)15(6-8-16-14)18-10-12(11-18)19-9-3-7-17-19/h1-9,12H,10-11H2. The third-order valence-electron chi connectivity index (χ3n) is 3.73. The molecule has 1 aliphatic rings. The van der Waals surface area contributed by atoms with Gasteiger partial charge < -0.3 is 4.90 Å². The largest absolute Gasteiger partial charge is 0.367 e. The Balaban J connectivity index is 1.63. The van der Waals surface area contributed by atoms with Crippen LogP contribution in [0.5, 0.6) is 0 Å². The minimum Gasteiger partial charge on any atom is -0.367 e. The van der Waals surface area contributed by atoms with Gasteiger partial charge in [0.2, 0.25) is 0 Å². The van der Waals surface area contributed by atoms with E-state index in [0.29, 0.717) is 6.04 Å². The number of para-hydroxylation sites is 1. The lowest BCUT2D eigenvalue weighted by Crippen LogP contribution is -2.48. The molecule has 0 spiro atoms. The van der Waals surface area contributed by atoms with Gasteiger partial charge in [0.25, 0.3) is 0 Å². The highest BCUT2D eigenvalue weighted by Gasteiger charge is 2.29. The number of rotatable bonds is 2. The number of pyridine rings is 1. The summed E-state index contributed by atoms with van der Waals surface area (Å²) in [5.74, 6) is 0. The maximum absolute atomic E-state index is 4.41. The maximum atomic E-state index is 4.41. The van der Waals surface area contributed by atoms with Crippen LogP contribution in [0.2, 0.25) is 0 Å². The SMILES string of the molecule is c1ccc2c(N3CC(n4cccn4)C3)ccnc2c1. The fourth-order valence-corrected chi connectivity index (χ4v) is 2.67. The molecule has 1 aliphatic heterocycles. The zero-order valence-corrected chi connectivity index (χ0v) is 10.5. The number of aromatic nitrogens is 3. The summed E-state index contributed by atoms with van der Waals surface area (Å²) < 4.78 is 2.04. The Hall–Kier alpha value is -2.36. The summed E-state index contributed by atoms with van der Waals surface area (Å²) >= 11 is 0. The predicted octanol–water partition coefficient (Wildman–Crippen LogP) is 2.49. The Bertz CT molecular complexity index is 694. The maximum Gasteiger partial charge on any atom is 0.0868 e. The van der Waals surface area contributed by atoms with Gasteiger partial charge in [0.1, 0.15) is 0 Å². The van der Waals surface area contributed by atoms with Crippen molar-refractivity contribution in [1.29, 1.82) is 0 Å². The van der Waals surface area contributed by atoms with Crippen LogP contribution in [0, 0.1) is 0 Å². The van der Waals surface area contributed by atoms with Crippen LogP contribution in [0.4, 0.5) is 5.69 Å². The summed E-state index contributed by atoms with van der Waals surface area (Å²) in [5.41, 5.74) is 2.33. The van der Waals surface area contributed by atoms with Gasteiger partial charge in [0.15, 0.2) is 0 Å². The lowest BCUT2D eigenvalue weighted by molar-refractivity contribution is 0.369. The smallest absolute Gasteiger partial charge is 0.0868 e. The zero-order chi connectivity index (χ0) is 12.7. The van der Waals surface area contributed by atoms with Gasteiger partial charge >= 0.3 is 0 Å². The van der Waals surface area contributed by atoms with Gasteiger partial charge in [-0.3, -0.25) is 9.67 Å². The fraction of sp³-hybridized carbons (Fsp3) is 0.200. The number of anilines is 1. The summed E-state index contributed by atoms with van der Waals surface area (Å²) in [5, 5.41) is 5.53. The summed E-state index contributed by atoms with van der Waals surface area (Å²) in [6.07, 6.45) is 5.76. The van der Waals surface area contributed by atoms with Crippen molar-refractivity contribution in [3.8, 4) is 0 Å². The number of hydrogen-bond donors (Lipinski definition) is 0. The molecule has 0 unspecified atom stereocenters. The van der Waals surface area contributed by atoms with Gasteiger partial charge in [-0.15, -0.1) is 0 Å². The predicted molar refractivity (Wildman–Crippen MR) is 75.2 cm³/mol. The van der Waals surface area contributed by atoms with Crippen molar-refractivity contribution < 1.29 is 0 Å². The number of nitrogens with zero attached hydrogens (tertiary/aromatic N) is 4. The van der Waals surface area contributed by atoms with E-state index >= 15 is 0 Å². The molecule has 1 saturated heterocycles. The molecular weight excluding hydrogens is 236 g/mol. The van der Waals surface area contributed by atoms with Gasteiger partial charge in [0.05, 0.1) is 11.6 Å². The zero-order valence-electron chi connectivity index (χ0n) is 10.5. The third-order valence-corrected chi connectivity index (χ3v) is 3.73. The van der Waals surface area contributed by atoms with Crippen LogP contribution in [0.1, 0.15) is 6.04 Å². The molecule has 4 nitrogen and oxygen atoms in total. The van der Waals surface area contributed by atoms with Gasteiger partial charge in [-0.05, 0) is 18.2 Å². The van der Waals surface area contributed by atoms with Crippen LogP contribution in [-0.2, 0) is 0 Å². The van der Waals surface area contributed by atoms with Crippen LogP contribution in [-0.4, -0.2) is 27.9 Å². The molecule has 2 aromatic heterocycles. The molecule has 0 aliphatic carbocycles. The number of fused-ring (bicyclic) bond motifs is 1. The molecule has 0 bridgehead atoms. The van der Waals surface area contributed by atoms with Gasteiger partial charge in [-0.1, -0.05) is 18.2 Å². The first-order valence-electron chi connectivity index (χ1n) is 6.49. The van der Waals surface area contributed by atoms with Crippen molar-refractivity contribution in [1.82, 2.24) is 14.8 Å². The van der Waals surface area contributed by atoms with Crippen LogP contribution in [0.15, 0.2) is 55.0 Å². The molecule has 0 amide bonds. The molecule has 4 rings (SSSR count). The second-order valence-electron chi connectivity index (χ2n) is 4.89. The Morgan fingerprint density at radius 2 is 1.89 bits per heavy atom. The third kappa shape index (κ3) is 1.68. The Morgan fingerprint density at radius 1 is 1.00 bits per heavy atom. The van der Waals surface area contributed by atoms with Crippen molar-refractivity contribution in [3.63, 3.8) is 0 Å². The first-order valence-corrected chi connectivity index (χ1v) is 6.49. The highest BCUT2D eigenvalue weighted by Crippen LogP contribution is 2.32. The second-order valence-corrected chi connectivity index (χ2v) is 4.89. The molecule has 3 aromatic rings. The molecule has 3 heterocycles. The monoisotopic (exact) mass is 250 g/mol. The molecular formula is C15H14N4. The summed E-state index contributed by atoms with van der Waals surface area (Å²) in [4.78, 5) is 6.79. The highest BCUT2D eigenvalue weighted by molar-refractivity contribution is 5.91. The van der Waals surface area contributed by atoms with Crippen LogP contribution >= 0.6 is 0 Å². The van der Waals surface area contributed by atoms with E-state index in [-0.39, 0.29) is 0 Å². The Kier molecular flexibility index (Phi) is 2.27. The lowest BCUT2D eigenvalue weighted by atomic mass is 10.1. The first-order chi connectivity index (χ1) is 9.42. The van der Waals surface area contributed by atoms with Crippen molar-refractivity contribution in [2.75, 3.05) is 18.0 Å². The van der Waals surface area contributed by atoms with E-state index in [1.165, 1.54) is 11.1 Å². The summed E-state index contributed by atoms with van der Waals surface area (Å²) in [6.45, 7) is 2.02. The van der Waals surface area contributed by atoms with E-state index in [4.69, 9.17) is 0 Å². The fourth-order valence-electron chi connectivity index (χ4n) is 2.67. The minimum atomic E-state index is 0.488. The van der Waals surface area contributed by atoms with Gasteiger partial charge in [-0.25, -0.2) is 0 Å². The van der Waals surface area contributed by atoms with E-state index in [2.05, 4.69) is 39.2 Å². The lowest BCUT2D eigenvalue weighted by Gasteiger charge is -2.41. The molecule has 0 N–H and O–H groups in total.